The summed E-state index contributed by atoms with van der Waals surface area (Å²) in [5.74, 6) is -1.70. The first-order valence-electron chi connectivity index (χ1n) is 7.51. The first-order valence-corrected chi connectivity index (χ1v) is 7.51. The molecule has 0 saturated carbocycles. The average molecular weight is 300 g/mol. The number of aliphatic carboxylic acids is 1. The summed E-state index contributed by atoms with van der Waals surface area (Å²) in [5, 5.41) is 14.3. The molecule has 6 nitrogen and oxygen atoms in total. The SMILES string of the molecule is CCCC(=O)NC(CC(C)C)C(=O)NC(C(=O)O)C(C)C. The normalized spacial score (nSPS) is 13.9. The molecule has 2 unspecified atom stereocenters. The van der Waals surface area contributed by atoms with Gasteiger partial charge in [0.1, 0.15) is 12.1 Å². The van der Waals surface area contributed by atoms with E-state index >= 15 is 0 Å². The third-order valence-electron chi connectivity index (χ3n) is 3.07. The van der Waals surface area contributed by atoms with Crippen molar-refractivity contribution in [1.29, 1.82) is 0 Å². The summed E-state index contributed by atoms with van der Waals surface area (Å²) >= 11 is 0. The van der Waals surface area contributed by atoms with E-state index in [2.05, 4.69) is 10.6 Å². The average Bonchev–Trinajstić information content (AvgIpc) is 2.33. The second-order valence-electron chi connectivity index (χ2n) is 6.07. The van der Waals surface area contributed by atoms with Crippen LogP contribution >= 0.6 is 0 Å². The van der Waals surface area contributed by atoms with Crippen molar-refractivity contribution >= 4 is 17.8 Å². The van der Waals surface area contributed by atoms with Crippen LogP contribution in [0.25, 0.3) is 0 Å². The van der Waals surface area contributed by atoms with Gasteiger partial charge in [0.15, 0.2) is 0 Å². The highest BCUT2D eigenvalue weighted by Crippen LogP contribution is 2.08. The van der Waals surface area contributed by atoms with E-state index in [4.69, 9.17) is 5.11 Å². The Kier molecular flexibility index (Phi) is 8.66. The lowest BCUT2D eigenvalue weighted by Gasteiger charge is -2.24. The molecule has 0 heterocycles. The highest BCUT2D eigenvalue weighted by molar-refractivity contribution is 5.90. The fourth-order valence-corrected chi connectivity index (χ4v) is 1.96. The maximum Gasteiger partial charge on any atom is 0.326 e. The number of carbonyl (C=O) groups is 3. The van der Waals surface area contributed by atoms with Crippen LogP contribution in [0.3, 0.4) is 0 Å². The first kappa shape index (κ1) is 19.4. The molecule has 3 N–H and O–H groups in total. The van der Waals surface area contributed by atoms with Crippen LogP contribution in [0, 0.1) is 11.8 Å². The minimum absolute atomic E-state index is 0.185. The van der Waals surface area contributed by atoms with Crippen molar-refractivity contribution in [2.45, 2.75) is 66.0 Å². The smallest absolute Gasteiger partial charge is 0.326 e. The predicted molar refractivity (Wildman–Crippen MR) is 80.7 cm³/mol. The molecule has 0 saturated heterocycles. The van der Waals surface area contributed by atoms with Crippen LogP contribution in [0.2, 0.25) is 0 Å². The highest BCUT2D eigenvalue weighted by atomic mass is 16.4. The fraction of sp³-hybridized carbons (Fsp3) is 0.800. The van der Waals surface area contributed by atoms with Crippen molar-refractivity contribution in [3.63, 3.8) is 0 Å². The summed E-state index contributed by atoms with van der Waals surface area (Å²) in [5.41, 5.74) is 0. The minimum atomic E-state index is -1.07. The maximum atomic E-state index is 12.2. The summed E-state index contributed by atoms with van der Waals surface area (Å²) in [4.78, 5) is 35.1. The molecule has 2 atom stereocenters. The van der Waals surface area contributed by atoms with Crippen molar-refractivity contribution in [3.05, 3.63) is 0 Å². The Bertz CT molecular complexity index is 367. The van der Waals surface area contributed by atoms with E-state index in [1.165, 1.54) is 0 Å². The number of hydrogen-bond acceptors (Lipinski definition) is 3. The Labute approximate surface area is 126 Å². The van der Waals surface area contributed by atoms with E-state index in [0.29, 0.717) is 19.3 Å². The molecule has 0 aromatic heterocycles. The molecule has 2 amide bonds. The topological polar surface area (TPSA) is 95.5 Å². The molecule has 0 rings (SSSR count). The van der Waals surface area contributed by atoms with Crippen molar-refractivity contribution in [3.8, 4) is 0 Å². The van der Waals surface area contributed by atoms with E-state index < -0.39 is 24.0 Å². The molecule has 0 aromatic carbocycles. The van der Waals surface area contributed by atoms with Gasteiger partial charge in [-0.15, -0.1) is 0 Å². The Hall–Kier alpha value is -1.59. The van der Waals surface area contributed by atoms with Gasteiger partial charge >= 0.3 is 5.97 Å². The summed E-state index contributed by atoms with van der Waals surface area (Å²) in [7, 11) is 0. The van der Waals surface area contributed by atoms with Crippen LogP contribution in [0.15, 0.2) is 0 Å². The van der Waals surface area contributed by atoms with Gasteiger partial charge in [-0.05, 0) is 24.7 Å². The lowest BCUT2D eigenvalue weighted by molar-refractivity contribution is -0.143. The van der Waals surface area contributed by atoms with Crippen LogP contribution in [-0.4, -0.2) is 35.0 Å². The predicted octanol–water partition coefficient (Wildman–Crippen LogP) is 1.54. The number of nitrogens with one attached hydrogen (secondary N) is 2. The van der Waals surface area contributed by atoms with E-state index in [9.17, 15) is 14.4 Å². The van der Waals surface area contributed by atoms with Gasteiger partial charge in [0.25, 0.3) is 0 Å². The van der Waals surface area contributed by atoms with Crippen molar-refractivity contribution in [1.82, 2.24) is 10.6 Å². The van der Waals surface area contributed by atoms with E-state index in [1.807, 2.05) is 20.8 Å². The van der Waals surface area contributed by atoms with Crippen LogP contribution in [0.1, 0.15) is 53.9 Å². The Balaban J connectivity index is 4.85. The summed E-state index contributed by atoms with van der Waals surface area (Å²) in [6, 6.07) is -1.64. The second-order valence-corrected chi connectivity index (χ2v) is 6.07. The number of carboxylic acids is 1. The zero-order valence-corrected chi connectivity index (χ0v) is 13.6. The van der Waals surface area contributed by atoms with E-state index in [0.717, 1.165) is 0 Å². The number of amides is 2. The maximum absolute atomic E-state index is 12.2. The van der Waals surface area contributed by atoms with Gasteiger partial charge in [-0.25, -0.2) is 4.79 Å². The summed E-state index contributed by atoms with van der Waals surface area (Å²) in [6.45, 7) is 9.24. The Morgan fingerprint density at radius 1 is 1.05 bits per heavy atom. The molecular formula is C15H28N2O4. The largest absolute Gasteiger partial charge is 0.480 e. The standard InChI is InChI=1S/C15H28N2O4/c1-6-7-12(18)16-11(8-9(2)3)14(19)17-13(10(4)5)15(20)21/h9-11,13H,6-8H2,1-5H3,(H,16,18)(H,17,19)(H,20,21). The lowest BCUT2D eigenvalue weighted by atomic mass is 10.0. The lowest BCUT2D eigenvalue weighted by Crippen LogP contribution is -2.53. The third kappa shape index (κ3) is 7.68. The number of rotatable bonds is 9. The van der Waals surface area contributed by atoms with E-state index in [1.54, 1.807) is 13.8 Å². The Morgan fingerprint density at radius 2 is 1.62 bits per heavy atom. The monoisotopic (exact) mass is 300 g/mol. The number of hydrogen-bond donors (Lipinski definition) is 3. The van der Waals surface area contributed by atoms with Gasteiger partial charge < -0.3 is 15.7 Å². The van der Waals surface area contributed by atoms with Gasteiger partial charge in [0.05, 0.1) is 0 Å². The molecule has 0 aliphatic rings. The van der Waals surface area contributed by atoms with E-state index in [-0.39, 0.29) is 17.7 Å². The zero-order chi connectivity index (χ0) is 16.6. The first-order chi connectivity index (χ1) is 9.68. The molecule has 0 aliphatic carbocycles. The third-order valence-corrected chi connectivity index (χ3v) is 3.07. The van der Waals surface area contributed by atoms with Gasteiger partial charge in [-0.1, -0.05) is 34.6 Å². The van der Waals surface area contributed by atoms with Gasteiger partial charge in [-0.3, -0.25) is 9.59 Å². The van der Waals surface area contributed by atoms with Gasteiger partial charge in [0, 0.05) is 6.42 Å². The number of carbonyl (C=O) groups excluding carboxylic acids is 2. The molecule has 0 fully saturated rings. The van der Waals surface area contributed by atoms with Crippen molar-refractivity contribution < 1.29 is 19.5 Å². The Morgan fingerprint density at radius 3 is 2.00 bits per heavy atom. The quantitative estimate of drug-likeness (QED) is 0.602. The molecule has 21 heavy (non-hydrogen) atoms. The van der Waals surface area contributed by atoms with Crippen LogP contribution < -0.4 is 10.6 Å². The molecule has 122 valence electrons. The molecule has 0 spiro atoms. The molecule has 0 aromatic rings. The van der Waals surface area contributed by atoms with Crippen molar-refractivity contribution in [2.75, 3.05) is 0 Å². The fourth-order valence-electron chi connectivity index (χ4n) is 1.96. The van der Waals surface area contributed by atoms with Crippen LogP contribution in [0.5, 0.6) is 0 Å². The highest BCUT2D eigenvalue weighted by Gasteiger charge is 2.28. The number of carboxylic acid groups (broad SMARTS) is 1. The summed E-state index contributed by atoms with van der Waals surface area (Å²) in [6.07, 6.45) is 1.53. The molecular weight excluding hydrogens is 272 g/mol. The van der Waals surface area contributed by atoms with Crippen LogP contribution in [0.4, 0.5) is 0 Å². The molecule has 0 radical (unpaired) electrons. The van der Waals surface area contributed by atoms with Crippen molar-refractivity contribution in [2.24, 2.45) is 11.8 Å². The van der Waals surface area contributed by atoms with Gasteiger partial charge in [-0.2, -0.15) is 0 Å². The van der Waals surface area contributed by atoms with Gasteiger partial charge in [0.2, 0.25) is 11.8 Å². The van der Waals surface area contributed by atoms with Crippen LogP contribution in [-0.2, 0) is 14.4 Å². The zero-order valence-electron chi connectivity index (χ0n) is 13.6. The molecule has 0 aliphatic heterocycles. The summed E-state index contributed by atoms with van der Waals surface area (Å²) < 4.78 is 0. The second kappa shape index (κ2) is 9.37. The molecule has 6 heteroatoms. The molecule has 0 bridgehead atoms. The minimum Gasteiger partial charge on any atom is -0.480 e.